The van der Waals surface area contributed by atoms with E-state index in [1.54, 1.807) is 6.92 Å². The van der Waals surface area contributed by atoms with Gasteiger partial charge in [-0.3, -0.25) is 4.79 Å². The van der Waals surface area contributed by atoms with E-state index < -0.39 is 27.7 Å². The number of nitrogens with one attached hydrogen (secondary N) is 1. The van der Waals surface area contributed by atoms with Gasteiger partial charge in [0.2, 0.25) is 10.0 Å². The molecule has 0 unspecified atom stereocenters. The normalized spacial score (nSPS) is 12.2. The molecule has 32 heavy (non-hydrogen) atoms. The maximum atomic E-state index is 12.8. The van der Waals surface area contributed by atoms with Crippen LogP contribution in [0.15, 0.2) is 47.5 Å². The Morgan fingerprint density at radius 2 is 1.84 bits per heavy atom. The molecule has 0 aliphatic heterocycles. The Bertz CT molecular complexity index is 1270. The number of hydrogen-bond acceptors (Lipinski definition) is 5. The first-order valence-electron chi connectivity index (χ1n) is 8.94. The summed E-state index contributed by atoms with van der Waals surface area (Å²) >= 11 is 6.10. The molecule has 0 radical (unpaired) electrons. The summed E-state index contributed by atoms with van der Waals surface area (Å²) in [6.45, 7) is 1.62. The SMILES string of the molecule is Cc1cc(NC(=O)c2cc(S(=O)(=O)N(C)C)ccc2Cl)n(-c2ccc(C(F)(F)F)cn2)n1. The van der Waals surface area contributed by atoms with Crippen LogP contribution in [0.5, 0.6) is 0 Å². The quantitative estimate of drug-likeness (QED) is 0.591. The maximum absolute atomic E-state index is 12.8. The number of alkyl halides is 3. The molecule has 0 aliphatic carbocycles. The van der Waals surface area contributed by atoms with Crippen LogP contribution in [-0.2, 0) is 16.2 Å². The molecule has 2 aromatic heterocycles. The van der Waals surface area contributed by atoms with E-state index in [9.17, 15) is 26.4 Å². The Hall–Kier alpha value is -2.96. The van der Waals surface area contributed by atoms with Crippen LogP contribution in [-0.4, -0.2) is 47.5 Å². The van der Waals surface area contributed by atoms with Crippen LogP contribution in [0.2, 0.25) is 5.02 Å². The fraction of sp³-hybridized carbons (Fsp3) is 0.211. The number of hydrogen-bond donors (Lipinski definition) is 1. The van der Waals surface area contributed by atoms with E-state index in [4.69, 9.17) is 11.6 Å². The van der Waals surface area contributed by atoms with Crippen molar-refractivity contribution < 1.29 is 26.4 Å². The predicted molar refractivity (Wildman–Crippen MR) is 111 cm³/mol. The molecule has 1 amide bonds. The summed E-state index contributed by atoms with van der Waals surface area (Å²) in [6, 6.07) is 7.13. The first-order valence-corrected chi connectivity index (χ1v) is 10.8. The molecule has 2 heterocycles. The second-order valence-corrected chi connectivity index (χ2v) is 9.43. The zero-order chi connectivity index (χ0) is 23.8. The fourth-order valence-corrected chi connectivity index (χ4v) is 3.81. The van der Waals surface area contributed by atoms with E-state index in [1.165, 1.54) is 32.3 Å². The van der Waals surface area contributed by atoms with E-state index in [0.29, 0.717) is 11.9 Å². The average Bonchev–Trinajstić information content (AvgIpc) is 3.07. The number of halogens is 4. The molecule has 0 atom stereocenters. The summed E-state index contributed by atoms with van der Waals surface area (Å²) < 4.78 is 65.3. The first-order chi connectivity index (χ1) is 14.8. The van der Waals surface area contributed by atoms with Gasteiger partial charge in [0.05, 0.1) is 26.7 Å². The average molecular weight is 488 g/mol. The third kappa shape index (κ3) is 4.76. The number of amides is 1. The topological polar surface area (TPSA) is 97.2 Å². The zero-order valence-corrected chi connectivity index (χ0v) is 18.5. The number of nitrogens with zero attached hydrogens (tertiary/aromatic N) is 4. The maximum Gasteiger partial charge on any atom is 0.417 e. The van der Waals surface area contributed by atoms with Crippen molar-refractivity contribution in [2.45, 2.75) is 18.0 Å². The highest BCUT2D eigenvalue weighted by Crippen LogP contribution is 2.29. The summed E-state index contributed by atoms with van der Waals surface area (Å²) in [7, 11) is -1.11. The van der Waals surface area contributed by atoms with Gasteiger partial charge < -0.3 is 5.32 Å². The highest BCUT2D eigenvalue weighted by molar-refractivity contribution is 7.89. The molecule has 1 aromatic carbocycles. The molecule has 0 fully saturated rings. The van der Waals surface area contributed by atoms with E-state index >= 15 is 0 Å². The van der Waals surface area contributed by atoms with Crippen molar-refractivity contribution in [1.29, 1.82) is 0 Å². The predicted octanol–water partition coefficient (Wildman–Crippen LogP) is 3.75. The smallest absolute Gasteiger partial charge is 0.306 e. The molecule has 0 bridgehead atoms. The van der Waals surface area contributed by atoms with Gasteiger partial charge >= 0.3 is 6.18 Å². The van der Waals surface area contributed by atoms with Crippen LogP contribution in [0.1, 0.15) is 21.6 Å². The van der Waals surface area contributed by atoms with E-state index in [1.807, 2.05) is 0 Å². The number of aryl methyl sites for hydroxylation is 1. The number of aromatic nitrogens is 3. The van der Waals surface area contributed by atoms with Crippen molar-refractivity contribution in [3.63, 3.8) is 0 Å². The van der Waals surface area contributed by atoms with Gasteiger partial charge in [0, 0.05) is 26.4 Å². The minimum atomic E-state index is -4.54. The van der Waals surface area contributed by atoms with Crippen molar-refractivity contribution in [1.82, 2.24) is 19.1 Å². The monoisotopic (exact) mass is 487 g/mol. The minimum absolute atomic E-state index is 0.00986. The Kier molecular flexibility index (Phi) is 6.31. The van der Waals surface area contributed by atoms with E-state index in [-0.39, 0.29) is 27.1 Å². The summed E-state index contributed by atoms with van der Waals surface area (Å²) in [5.41, 5.74) is -0.584. The van der Waals surface area contributed by atoms with Gasteiger partial charge in [0.25, 0.3) is 5.91 Å². The largest absolute Gasteiger partial charge is 0.417 e. The summed E-state index contributed by atoms with van der Waals surface area (Å²) in [5.74, 6) is -0.591. The Balaban J connectivity index is 1.95. The van der Waals surface area contributed by atoms with E-state index in [2.05, 4.69) is 15.4 Å². The lowest BCUT2D eigenvalue weighted by Gasteiger charge is -2.14. The number of pyridine rings is 1. The first kappa shape index (κ1) is 23.7. The second-order valence-electron chi connectivity index (χ2n) is 6.87. The molecule has 0 saturated heterocycles. The summed E-state index contributed by atoms with van der Waals surface area (Å²) in [5, 5.41) is 6.70. The fourth-order valence-electron chi connectivity index (χ4n) is 2.68. The van der Waals surface area contributed by atoms with Gasteiger partial charge in [0.1, 0.15) is 5.82 Å². The molecule has 1 N–H and O–H groups in total. The number of carbonyl (C=O) groups excluding carboxylic acids is 1. The van der Waals surface area contributed by atoms with Crippen LogP contribution >= 0.6 is 11.6 Å². The van der Waals surface area contributed by atoms with Gasteiger partial charge in [-0.25, -0.2) is 17.7 Å². The van der Waals surface area contributed by atoms with Crippen LogP contribution in [0, 0.1) is 6.92 Å². The number of anilines is 1. The molecule has 3 rings (SSSR count). The highest BCUT2D eigenvalue weighted by atomic mass is 35.5. The lowest BCUT2D eigenvalue weighted by atomic mass is 10.2. The summed E-state index contributed by atoms with van der Waals surface area (Å²) in [6.07, 6.45) is -3.89. The molecule has 8 nitrogen and oxygen atoms in total. The lowest BCUT2D eigenvalue weighted by molar-refractivity contribution is -0.137. The number of carbonyl (C=O) groups is 1. The van der Waals surface area contributed by atoms with Gasteiger partial charge in [-0.15, -0.1) is 0 Å². The number of benzene rings is 1. The molecule has 0 saturated carbocycles. The molecular formula is C19H17ClF3N5O3S. The van der Waals surface area contributed by atoms with Crippen molar-refractivity contribution in [3.05, 3.63) is 64.4 Å². The lowest BCUT2D eigenvalue weighted by Crippen LogP contribution is -2.23. The van der Waals surface area contributed by atoms with Crippen LogP contribution < -0.4 is 5.32 Å². The van der Waals surface area contributed by atoms with Gasteiger partial charge in [0.15, 0.2) is 5.82 Å². The van der Waals surface area contributed by atoms with Gasteiger partial charge in [-0.1, -0.05) is 11.6 Å². The Labute approximate surface area is 186 Å². The van der Waals surface area contributed by atoms with Gasteiger partial charge in [-0.2, -0.15) is 23.0 Å². The summed E-state index contributed by atoms with van der Waals surface area (Å²) in [4.78, 5) is 16.5. The van der Waals surface area contributed by atoms with Crippen LogP contribution in [0.3, 0.4) is 0 Å². The second kappa shape index (κ2) is 8.52. The number of sulfonamides is 1. The van der Waals surface area contributed by atoms with Crippen LogP contribution in [0.25, 0.3) is 5.82 Å². The van der Waals surface area contributed by atoms with E-state index in [0.717, 1.165) is 27.2 Å². The minimum Gasteiger partial charge on any atom is -0.306 e. The molecule has 170 valence electrons. The third-order valence-corrected chi connectivity index (χ3v) is 6.47. The van der Waals surface area contributed by atoms with Crippen LogP contribution in [0.4, 0.5) is 19.0 Å². The standard InChI is InChI=1S/C19H17ClF3N5O3S/c1-11-8-17(28(26-11)16-7-4-12(10-24-16)19(21,22)23)25-18(29)14-9-13(5-6-15(14)20)32(30,31)27(2)3/h4-10H,1-3H3,(H,25,29). The molecule has 0 spiro atoms. The van der Waals surface area contributed by atoms with Gasteiger partial charge in [-0.05, 0) is 37.3 Å². The third-order valence-electron chi connectivity index (χ3n) is 4.33. The highest BCUT2D eigenvalue weighted by Gasteiger charge is 2.31. The molecule has 3 aromatic rings. The van der Waals surface area contributed by atoms with Crippen molar-refractivity contribution in [3.8, 4) is 5.82 Å². The Morgan fingerprint density at radius 3 is 2.41 bits per heavy atom. The molecular weight excluding hydrogens is 471 g/mol. The number of rotatable bonds is 5. The zero-order valence-electron chi connectivity index (χ0n) is 17.0. The van der Waals surface area contributed by atoms with Crippen molar-refractivity contribution in [2.24, 2.45) is 0 Å². The molecule has 13 heteroatoms. The van der Waals surface area contributed by atoms with Crippen molar-refractivity contribution in [2.75, 3.05) is 19.4 Å². The van der Waals surface area contributed by atoms with Crippen molar-refractivity contribution >= 4 is 33.3 Å². The molecule has 0 aliphatic rings. The Morgan fingerprint density at radius 1 is 1.16 bits per heavy atom.